The summed E-state index contributed by atoms with van der Waals surface area (Å²) in [4.78, 5) is 22.6. The Bertz CT molecular complexity index is 440. The quantitative estimate of drug-likeness (QED) is 0.528. The maximum Gasteiger partial charge on any atom is 0.324 e. The van der Waals surface area contributed by atoms with Crippen molar-refractivity contribution in [1.29, 1.82) is 0 Å². The molecule has 18 heavy (non-hydrogen) atoms. The topological polar surface area (TPSA) is 122 Å². The fraction of sp³-hybridized carbons (Fsp3) is 0.273. The summed E-state index contributed by atoms with van der Waals surface area (Å²) in [6.45, 7) is -0.109. The summed E-state index contributed by atoms with van der Waals surface area (Å²) >= 11 is 0. The highest BCUT2D eigenvalue weighted by Gasteiger charge is 2.15. The predicted molar refractivity (Wildman–Crippen MR) is 62.1 cm³/mol. The van der Waals surface area contributed by atoms with E-state index in [1.54, 1.807) is 0 Å². The summed E-state index contributed by atoms with van der Waals surface area (Å²) in [6, 6.07) is 2.49. The molecular formula is C11H14N2O5. The third kappa shape index (κ3) is 3.63. The molecule has 0 saturated carbocycles. The van der Waals surface area contributed by atoms with Gasteiger partial charge in [-0.3, -0.25) is 9.59 Å². The van der Waals surface area contributed by atoms with Gasteiger partial charge in [-0.05, 0) is 12.1 Å². The van der Waals surface area contributed by atoms with Gasteiger partial charge < -0.3 is 26.0 Å². The van der Waals surface area contributed by atoms with Crippen molar-refractivity contribution >= 4 is 11.9 Å². The van der Waals surface area contributed by atoms with E-state index in [0.29, 0.717) is 0 Å². The van der Waals surface area contributed by atoms with Crippen molar-refractivity contribution in [2.75, 3.05) is 13.7 Å². The van der Waals surface area contributed by atoms with Crippen LogP contribution in [0.5, 0.6) is 11.5 Å². The average molecular weight is 254 g/mol. The number of hydrogen-bond donors (Lipinski definition) is 4. The molecule has 0 aliphatic carbocycles. The Morgan fingerprint density at radius 1 is 1.33 bits per heavy atom. The number of hydrogen-bond acceptors (Lipinski definition) is 6. The molecule has 0 aliphatic heterocycles. The van der Waals surface area contributed by atoms with Crippen molar-refractivity contribution in [1.82, 2.24) is 5.32 Å². The first-order valence-corrected chi connectivity index (χ1v) is 5.08. The fourth-order valence-electron chi connectivity index (χ4n) is 1.27. The Labute approximate surface area is 103 Å². The first kappa shape index (κ1) is 13.8. The highest BCUT2D eigenvalue weighted by molar-refractivity contribution is 5.95. The highest BCUT2D eigenvalue weighted by Crippen LogP contribution is 2.20. The van der Waals surface area contributed by atoms with Crippen LogP contribution in [-0.4, -0.2) is 41.8 Å². The van der Waals surface area contributed by atoms with Crippen molar-refractivity contribution in [2.45, 2.75) is 6.04 Å². The molecule has 0 bridgehead atoms. The van der Waals surface area contributed by atoms with Crippen LogP contribution in [0.25, 0.3) is 0 Å². The molecule has 0 radical (unpaired) electrons. The van der Waals surface area contributed by atoms with Crippen molar-refractivity contribution in [3.63, 3.8) is 0 Å². The van der Waals surface area contributed by atoms with Crippen LogP contribution in [0.3, 0.4) is 0 Å². The Hall–Kier alpha value is -2.28. The number of aromatic hydroxyl groups is 2. The normalized spacial score (nSPS) is 11.7. The summed E-state index contributed by atoms with van der Waals surface area (Å²) < 4.78 is 4.39. The van der Waals surface area contributed by atoms with Crippen LogP contribution in [0.4, 0.5) is 0 Å². The largest absolute Gasteiger partial charge is 0.508 e. The van der Waals surface area contributed by atoms with E-state index in [9.17, 15) is 19.8 Å². The first-order chi connectivity index (χ1) is 8.43. The van der Waals surface area contributed by atoms with Crippen LogP contribution in [0.1, 0.15) is 10.4 Å². The van der Waals surface area contributed by atoms with E-state index in [1.165, 1.54) is 19.2 Å². The number of nitrogens with one attached hydrogen (secondary N) is 1. The molecule has 1 aromatic rings. The molecule has 98 valence electrons. The first-order valence-electron chi connectivity index (χ1n) is 5.08. The van der Waals surface area contributed by atoms with Gasteiger partial charge in [-0.1, -0.05) is 0 Å². The number of nitrogens with two attached hydrogens (primary N) is 1. The maximum atomic E-state index is 11.6. The molecule has 0 unspecified atom stereocenters. The molecule has 0 saturated heterocycles. The van der Waals surface area contributed by atoms with Crippen molar-refractivity contribution < 1.29 is 24.5 Å². The zero-order valence-corrected chi connectivity index (χ0v) is 9.71. The predicted octanol–water partition coefficient (Wildman–Crippen LogP) is -0.672. The van der Waals surface area contributed by atoms with Gasteiger partial charge in [0.25, 0.3) is 5.91 Å². The zero-order valence-electron chi connectivity index (χ0n) is 9.71. The lowest BCUT2D eigenvalue weighted by Crippen LogP contribution is -2.43. The summed E-state index contributed by atoms with van der Waals surface area (Å²) in [6.07, 6.45) is 0. The minimum Gasteiger partial charge on any atom is -0.508 e. The average Bonchev–Trinajstić information content (AvgIpc) is 2.33. The smallest absolute Gasteiger partial charge is 0.324 e. The van der Waals surface area contributed by atoms with E-state index in [0.717, 1.165) is 6.07 Å². The summed E-state index contributed by atoms with van der Waals surface area (Å²) in [5.41, 5.74) is 5.49. The second kappa shape index (κ2) is 5.87. The molecule has 1 amide bonds. The van der Waals surface area contributed by atoms with Crippen LogP contribution in [-0.2, 0) is 9.53 Å². The lowest BCUT2D eigenvalue weighted by molar-refractivity contribution is -0.141. The lowest BCUT2D eigenvalue weighted by atomic mass is 10.2. The molecule has 5 N–H and O–H groups in total. The van der Waals surface area contributed by atoms with Crippen molar-refractivity contribution in [3.05, 3.63) is 23.8 Å². The van der Waals surface area contributed by atoms with E-state index in [4.69, 9.17) is 5.73 Å². The molecule has 7 heteroatoms. The second-order valence-corrected chi connectivity index (χ2v) is 3.58. The molecule has 1 aromatic carbocycles. The number of carbonyl (C=O) groups is 2. The SMILES string of the molecule is COC(=O)[C@@H](N)CNC(=O)c1cc(O)cc(O)c1. The number of amides is 1. The minimum atomic E-state index is -0.968. The van der Waals surface area contributed by atoms with Crippen LogP contribution >= 0.6 is 0 Å². The molecule has 0 fully saturated rings. The Balaban J connectivity index is 2.63. The Morgan fingerprint density at radius 2 is 1.89 bits per heavy atom. The third-order valence-electron chi connectivity index (χ3n) is 2.15. The van der Waals surface area contributed by atoms with Crippen LogP contribution in [0.15, 0.2) is 18.2 Å². The van der Waals surface area contributed by atoms with Gasteiger partial charge in [0.05, 0.1) is 7.11 Å². The standard InChI is InChI=1S/C11H14N2O5/c1-18-11(17)9(12)5-13-10(16)6-2-7(14)4-8(15)3-6/h2-4,9,14-15H,5,12H2,1H3,(H,13,16)/t9-/m0/s1. The maximum absolute atomic E-state index is 11.6. The third-order valence-corrected chi connectivity index (χ3v) is 2.15. The van der Waals surface area contributed by atoms with Crippen LogP contribution in [0, 0.1) is 0 Å². The molecule has 0 aromatic heterocycles. The van der Waals surface area contributed by atoms with Gasteiger partial charge >= 0.3 is 5.97 Å². The van der Waals surface area contributed by atoms with E-state index in [-0.39, 0.29) is 23.6 Å². The van der Waals surface area contributed by atoms with Crippen molar-refractivity contribution in [2.24, 2.45) is 5.73 Å². The van der Waals surface area contributed by atoms with E-state index in [1.807, 2.05) is 0 Å². The van der Waals surface area contributed by atoms with E-state index in [2.05, 4.69) is 10.1 Å². The number of phenolic OH excluding ortho intramolecular Hbond substituents is 2. The Kier molecular flexibility index (Phi) is 4.50. The molecule has 0 aliphatic rings. The van der Waals surface area contributed by atoms with Gasteiger partial charge in [-0.15, -0.1) is 0 Å². The van der Waals surface area contributed by atoms with Gasteiger partial charge in [0.15, 0.2) is 0 Å². The van der Waals surface area contributed by atoms with E-state index >= 15 is 0 Å². The van der Waals surface area contributed by atoms with Gasteiger partial charge in [-0.2, -0.15) is 0 Å². The molecule has 0 spiro atoms. The monoisotopic (exact) mass is 254 g/mol. The molecule has 1 rings (SSSR count). The van der Waals surface area contributed by atoms with Gasteiger partial charge in [0, 0.05) is 18.2 Å². The number of carbonyl (C=O) groups excluding carboxylic acids is 2. The van der Waals surface area contributed by atoms with Crippen LogP contribution < -0.4 is 11.1 Å². The summed E-state index contributed by atoms with van der Waals surface area (Å²) in [5, 5.41) is 20.8. The number of esters is 1. The summed E-state index contributed by atoms with van der Waals surface area (Å²) in [7, 11) is 1.19. The van der Waals surface area contributed by atoms with Crippen LogP contribution in [0.2, 0.25) is 0 Å². The number of rotatable bonds is 4. The van der Waals surface area contributed by atoms with Gasteiger partial charge in [0.2, 0.25) is 0 Å². The number of methoxy groups -OCH3 is 1. The number of benzene rings is 1. The van der Waals surface area contributed by atoms with Gasteiger partial charge in [-0.25, -0.2) is 0 Å². The fourth-order valence-corrected chi connectivity index (χ4v) is 1.27. The molecular weight excluding hydrogens is 240 g/mol. The molecule has 0 heterocycles. The zero-order chi connectivity index (χ0) is 13.7. The summed E-state index contributed by atoms with van der Waals surface area (Å²) in [5.74, 6) is -1.69. The second-order valence-electron chi connectivity index (χ2n) is 3.58. The highest BCUT2D eigenvalue weighted by atomic mass is 16.5. The lowest BCUT2D eigenvalue weighted by Gasteiger charge is -2.10. The molecule has 1 atom stereocenters. The number of phenols is 2. The molecule has 7 nitrogen and oxygen atoms in total. The number of ether oxygens (including phenoxy) is 1. The minimum absolute atomic E-state index is 0.0598. The van der Waals surface area contributed by atoms with Crippen molar-refractivity contribution in [3.8, 4) is 11.5 Å². The van der Waals surface area contributed by atoms with E-state index < -0.39 is 17.9 Å². The van der Waals surface area contributed by atoms with Gasteiger partial charge in [0.1, 0.15) is 17.5 Å². The Morgan fingerprint density at radius 3 is 2.39 bits per heavy atom.